The summed E-state index contributed by atoms with van der Waals surface area (Å²) in [5.41, 5.74) is 1.64. The molecule has 0 saturated carbocycles. The Labute approximate surface area is 217 Å². The molecule has 0 radical (unpaired) electrons. The third-order valence-electron chi connectivity index (χ3n) is 4.91. The van der Waals surface area contributed by atoms with Gasteiger partial charge >= 0.3 is 0 Å². The quantitative estimate of drug-likeness (QED) is 0.179. The number of amides is 1. The van der Waals surface area contributed by atoms with E-state index in [9.17, 15) is 4.79 Å². The average Bonchev–Trinajstić information content (AvgIpc) is 3.33. The van der Waals surface area contributed by atoms with Crippen LogP contribution in [0.5, 0.6) is 0 Å². The van der Waals surface area contributed by atoms with Crippen LogP contribution < -0.4 is 5.32 Å². The van der Waals surface area contributed by atoms with Gasteiger partial charge in [-0.25, -0.2) is 4.98 Å². The number of rotatable bonds is 12. The van der Waals surface area contributed by atoms with Crippen LogP contribution >= 0.6 is 43.6 Å². The second-order valence-electron chi connectivity index (χ2n) is 8.93. The van der Waals surface area contributed by atoms with Crippen molar-refractivity contribution in [2.45, 2.75) is 55.3 Å². The van der Waals surface area contributed by atoms with Gasteiger partial charge in [-0.2, -0.15) is 0 Å². The van der Waals surface area contributed by atoms with Crippen molar-refractivity contribution in [3.8, 4) is 0 Å². The molecule has 0 aliphatic rings. The number of hydrogen-bond acceptors (Lipinski definition) is 4. The molecule has 6 nitrogen and oxygen atoms in total. The smallest absolute Gasteiger partial charge is 0.268 e. The Morgan fingerprint density at radius 2 is 2.00 bits per heavy atom. The number of carbonyl (C=O) groups excluding carboxylic acids is 1. The topological polar surface area (TPSA) is 71.9 Å². The zero-order valence-electron chi connectivity index (χ0n) is 19.2. The highest BCUT2D eigenvalue weighted by atomic mass is 79.9. The van der Waals surface area contributed by atoms with Crippen molar-refractivity contribution in [1.82, 2.24) is 19.9 Å². The molecule has 1 amide bonds. The number of imidazole rings is 1. The monoisotopic (exact) mass is 612 g/mol. The fraction of sp³-hybridized carbons (Fsp3) is 0.391. The Morgan fingerprint density at radius 3 is 2.73 bits per heavy atom. The molecule has 10 heteroatoms. The van der Waals surface area contributed by atoms with Crippen LogP contribution in [0.3, 0.4) is 0 Å². The average molecular weight is 614 g/mol. The van der Waals surface area contributed by atoms with Crippen LogP contribution in [0.4, 0.5) is 0 Å². The van der Waals surface area contributed by atoms with Crippen molar-refractivity contribution in [1.29, 1.82) is 0 Å². The van der Waals surface area contributed by atoms with Gasteiger partial charge in [-0.05, 0) is 68.9 Å². The molecule has 178 valence electrons. The Kier molecular flexibility index (Phi) is 9.87. The number of aryl methyl sites for hydroxylation is 1. The highest BCUT2D eigenvalue weighted by Gasteiger charge is 2.18. The summed E-state index contributed by atoms with van der Waals surface area (Å²) in [7, 11) is -1.15. The molecule has 2 heterocycles. The zero-order chi connectivity index (χ0) is 23.8. The van der Waals surface area contributed by atoms with Crippen LogP contribution in [0.1, 0.15) is 22.6 Å². The van der Waals surface area contributed by atoms with Crippen LogP contribution in [-0.4, -0.2) is 41.7 Å². The lowest BCUT2D eigenvalue weighted by Crippen LogP contribution is -2.28. The molecule has 1 aromatic carbocycles. The van der Waals surface area contributed by atoms with Crippen molar-refractivity contribution in [3.63, 3.8) is 0 Å². The number of H-pyrrole nitrogens is 1. The van der Waals surface area contributed by atoms with E-state index >= 15 is 0 Å². The van der Waals surface area contributed by atoms with Crippen LogP contribution in [0.25, 0.3) is 0 Å². The summed E-state index contributed by atoms with van der Waals surface area (Å²) in [6.45, 7) is 8.59. The molecule has 0 aliphatic heterocycles. The van der Waals surface area contributed by atoms with E-state index in [-0.39, 0.29) is 5.91 Å². The number of hydrogen-bond donors (Lipinski definition) is 2. The minimum Gasteiger partial charge on any atom is -0.361 e. The maximum atomic E-state index is 12.8. The number of nitrogens with zero attached hydrogens (tertiary/aromatic N) is 2. The SMILES string of the molecule is C[Si](C)(C)CCOCn1c(C(=O)NCCCc2cnc(Sc3ccccc3)[nH]2)cc(Br)c1Br. The van der Waals surface area contributed by atoms with Gasteiger partial charge in [0.05, 0.1) is 4.47 Å². The Balaban J connectivity index is 1.46. The number of ether oxygens (including phenoxy) is 1. The Bertz CT molecular complexity index is 1050. The van der Waals surface area contributed by atoms with Crippen molar-refractivity contribution in [2.24, 2.45) is 0 Å². The normalized spacial score (nSPS) is 11.7. The summed E-state index contributed by atoms with van der Waals surface area (Å²) in [5, 5.41) is 3.90. The van der Waals surface area contributed by atoms with Crippen LogP contribution in [0.15, 0.2) is 61.7 Å². The lowest BCUT2D eigenvalue weighted by atomic mass is 10.2. The van der Waals surface area contributed by atoms with Gasteiger partial charge in [0, 0.05) is 38.0 Å². The van der Waals surface area contributed by atoms with E-state index in [1.165, 1.54) is 0 Å². The molecule has 0 aliphatic carbocycles. The van der Waals surface area contributed by atoms with Gasteiger partial charge in [-0.15, -0.1) is 0 Å². The highest BCUT2D eigenvalue weighted by molar-refractivity contribution is 9.13. The first-order valence-electron chi connectivity index (χ1n) is 10.9. The Morgan fingerprint density at radius 1 is 1.24 bits per heavy atom. The predicted octanol–water partition coefficient (Wildman–Crippen LogP) is 6.56. The zero-order valence-corrected chi connectivity index (χ0v) is 24.1. The second kappa shape index (κ2) is 12.4. The third kappa shape index (κ3) is 8.43. The van der Waals surface area contributed by atoms with Gasteiger partial charge in [0.25, 0.3) is 5.91 Å². The van der Waals surface area contributed by atoms with Crippen molar-refractivity contribution < 1.29 is 9.53 Å². The van der Waals surface area contributed by atoms with Gasteiger partial charge in [0.2, 0.25) is 0 Å². The number of aromatic amines is 1. The summed E-state index contributed by atoms with van der Waals surface area (Å²) >= 11 is 8.66. The largest absolute Gasteiger partial charge is 0.361 e. The van der Waals surface area contributed by atoms with E-state index in [1.54, 1.807) is 11.8 Å². The van der Waals surface area contributed by atoms with Crippen molar-refractivity contribution in [2.75, 3.05) is 13.2 Å². The molecule has 2 N–H and O–H groups in total. The van der Waals surface area contributed by atoms with Crippen LogP contribution in [-0.2, 0) is 17.9 Å². The fourth-order valence-corrected chi connectivity index (χ4v) is 5.43. The summed E-state index contributed by atoms with van der Waals surface area (Å²) in [6, 6.07) is 13.1. The lowest BCUT2D eigenvalue weighted by molar-refractivity contribution is 0.0780. The van der Waals surface area contributed by atoms with Crippen molar-refractivity contribution in [3.05, 3.63) is 63.1 Å². The molecule has 0 unspecified atom stereocenters. The standard InChI is InChI=1S/C23H30Br2N4O2SSi/c1-33(2,3)13-12-31-16-29-20(14-19(24)21(29)25)22(30)26-11-7-8-17-15-27-23(28-17)32-18-9-5-4-6-10-18/h4-6,9-10,14-15H,7-8,11-13,16H2,1-3H3,(H,26,30)(H,27,28). The second-order valence-corrected chi connectivity index (χ2v) is 17.2. The summed E-state index contributed by atoms with van der Waals surface area (Å²) in [6.07, 6.45) is 3.50. The highest BCUT2D eigenvalue weighted by Crippen LogP contribution is 2.28. The molecule has 0 saturated heterocycles. The molecular formula is C23H30Br2N4O2SSi. The molecule has 2 aromatic heterocycles. The molecule has 0 atom stereocenters. The lowest BCUT2D eigenvalue weighted by Gasteiger charge is -2.16. The van der Waals surface area contributed by atoms with Crippen LogP contribution in [0.2, 0.25) is 25.7 Å². The Hall–Kier alpha value is -1.33. The van der Waals surface area contributed by atoms with Crippen LogP contribution in [0, 0.1) is 0 Å². The van der Waals surface area contributed by atoms with Gasteiger partial charge < -0.3 is 19.6 Å². The first-order chi connectivity index (χ1) is 15.7. The summed E-state index contributed by atoms with van der Waals surface area (Å²) in [4.78, 5) is 21.7. The number of carbonyl (C=O) groups is 1. The minimum atomic E-state index is -1.15. The molecule has 0 spiro atoms. The van der Waals surface area contributed by atoms with Gasteiger partial charge in [-0.3, -0.25) is 4.79 Å². The van der Waals surface area contributed by atoms with E-state index < -0.39 is 8.07 Å². The molecule has 0 bridgehead atoms. The number of aromatic nitrogens is 3. The van der Waals surface area contributed by atoms with E-state index in [2.05, 4.69) is 78.9 Å². The first-order valence-corrected chi connectivity index (χ1v) is 17.0. The number of halogens is 2. The summed E-state index contributed by atoms with van der Waals surface area (Å²) in [5.74, 6) is -0.111. The minimum absolute atomic E-state index is 0.111. The van der Waals surface area contributed by atoms with Gasteiger partial charge in [0.15, 0.2) is 5.16 Å². The maximum absolute atomic E-state index is 12.8. The number of nitrogens with one attached hydrogen (secondary N) is 2. The molecule has 0 fully saturated rings. The van der Waals surface area contributed by atoms with Crippen molar-refractivity contribution >= 4 is 57.6 Å². The summed E-state index contributed by atoms with van der Waals surface area (Å²) < 4.78 is 9.36. The third-order valence-corrected chi connectivity index (χ3v) is 9.51. The van der Waals surface area contributed by atoms with E-state index in [4.69, 9.17) is 4.74 Å². The first kappa shape index (κ1) is 26.3. The fourth-order valence-electron chi connectivity index (χ4n) is 3.03. The predicted molar refractivity (Wildman–Crippen MR) is 144 cm³/mol. The number of benzene rings is 1. The molecule has 3 aromatic rings. The maximum Gasteiger partial charge on any atom is 0.268 e. The van der Waals surface area contributed by atoms with E-state index in [0.29, 0.717) is 25.6 Å². The molecule has 3 rings (SSSR count). The van der Waals surface area contributed by atoms with E-state index in [0.717, 1.165) is 43.7 Å². The van der Waals surface area contributed by atoms with Gasteiger partial charge in [0.1, 0.15) is 17.0 Å². The molecule has 33 heavy (non-hydrogen) atoms. The van der Waals surface area contributed by atoms with Gasteiger partial charge in [-0.1, -0.05) is 49.6 Å². The molecular weight excluding hydrogens is 584 g/mol. The van der Waals surface area contributed by atoms with E-state index in [1.807, 2.05) is 35.0 Å².